The van der Waals surface area contributed by atoms with Gasteiger partial charge in [-0.2, -0.15) is 0 Å². The number of furan rings is 1. The highest BCUT2D eigenvalue weighted by atomic mass is 32.2. The fraction of sp³-hybridized carbons (Fsp3) is 0.136. The number of hydrogen-bond acceptors (Lipinski definition) is 3. The fourth-order valence-electron chi connectivity index (χ4n) is 3.04. The number of fused-ring (bicyclic) bond motifs is 1. The summed E-state index contributed by atoms with van der Waals surface area (Å²) in [5, 5.41) is 3.96. The molecule has 0 spiro atoms. The predicted molar refractivity (Wildman–Crippen MR) is 109 cm³/mol. The van der Waals surface area contributed by atoms with Crippen LogP contribution in [0.4, 0.5) is 4.39 Å². The van der Waals surface area contributed by atoms with Crippen LogP contribution in [0.1, 0.15) is 11.3 Å². The van der Waals surface area contributed by atoms with Gasteiger partial charge in [-0.1, -0.05) is 30.3 Å². The van der Waals surface area contributed by atoms with Crippen molar-refractivity contribution < 1.29 is 13.6 Å². The normalized spacial score (nSPS) is 11.0. The van der Waals surface area contributed by atoms with Gasteiger partial charge < -0.3 is 14.3 Å². The second kappa shape index (κ2) is 8.35. The van der Waals surface area contributed by atoms with Gasteiger partial charge in [-0.15, -0.1) is 11.8 Å². The van der Waals surface area contributed by atoms with E-state index in [9.17, 15) is 9.18 Å². The van der Waals surface area contributed by atoms with Crippen LogP contribution in [-0.4, -0.2) is 16.2 Å². The molecule has 0 aliphatic carbocycles. The van der Waals surface area contributed by atoms with Crippen molar-refractivity contribution in [2.75, 3.05) is 5.75 Å². The Bertz CT molecular complexity index is 1070. The van der Waals surface area contributed by atoms with E-state index in [-0.39, 0.29) is 11.7 Å². The van der Waals surface area contributed by atoms with Gasteiger partial charge in [0.1, 0.15) is 11.6 Å². The van der Waals surface area contributed by atoms with Crippen LogP contribution >= 0.6 is 11.8 Å². The lowest BCUT2D eigenvalue weighted by Gasteiger charge is -2.05. The average Bonchev–Trinajstić information content (AvgIpc) is 3.35. The molecule has 4 aromatic rings. The van der Waals surface area contributed by atoms with Crippen molar-refractivity contribution in [1.82, 2.24) is 9.88 Å². The molecule has 142 valence electrons. The van der Waals surface area contributed by atoms with E-state index >= 15 is 0 Å². The van der Waals surface area contributed by atoms with Gasteiger partial charge in [-0.3, -0.25) is 4.79 Å². The quantitative estimate of drug-likeness (QED) is 0.457. The Labute approximate surface area is 166 Å². The molecule has 6 heteroatoms. The van der Waals surface area contributed by atoms with Gasteiger partial charge in [0.05, 0.1) is 18.6 Å². The van der Waals surface area contributed by atoms with Gasteiger partial charge in [0.25, 0.3) is 0 Å². The molecule has 0 atom stereocenters. The summed E-state index contributed by atoms with van der Waals surface area (Å²) in [4.78, 5) is 13.2. The van der Waals surface area contributed by atoms with Crippen molar-refractivity contribution in [2.24, 2.45) is 0 Å². The molecule has 28 heavy (non-hydrogen) atoms. The lowest BCUT2D eigenvalue weighted by molar-refractivity contribution is -0.118. The van der Waals surface area contributed by atoms with Gasteiger partial charge in [-0.05, 0) is 35.9 Å². The standard InChI is InChI=1S/C22H19FN2O2S/c23-17-9-7-16(8-10-17)13-25-14-21(19-5-1-2-6-20(19)25)28-15-22(26)24-12-18-4-3-11-27-18/h1-11,14H,12-13,15H2,(H,24,26). The highest BCUT2D eigenvalue weighted by molar-refractivity contribution is 8.00. The topological polar surface area (TPSA) is 47.2 Å². The molecule has 1 amide bonds. The Morgan fingerprint density at radius 1 is 1.07 bits per heavy atom. The first-order valence-corrected chi connectivity index (χ1v) is 9.92. The number of para-hydroxylation sites is 1. The number of hydrogen-bond donors (Lipinski definition) is 1. The van der Waals surface area contributed by atoms with Gasteiger partial charge >= 0.3 is 0 Å². The van der Waals surface area contributed by atoms with E-state index in [4.69, 9.17) is 4.42 Å². The minimum Gasteiger partial charge on any atom is -0.467 e. The van der Waals surface area contributed by atoms with Crippen molar-refractivity contribution >= 4 is 28.6 Å². The number of carbonyl (C=O) groups excluding carboxylic acids is 1. The summed E-state index contributed by atoms with van der Waals surface area (Å²) in [6.45, 7) is 1.03. The highest BCUT2D eigenvalue weighted by Gasteiger charge is 2.11. The zero-order valence-electron chi connectivity index (χ0n) is 15.1. The number of rotatable bonds is 7. The summed E-state index contributed by atoms with van der Waals surface area (Å²) < 4.78 is 20.5. The van der Waals surface area contributed by atoms with Gasteiger partial charge in [0.2, 0.25) is 5.91 Å². The number of thioether (sulfide) groups is 1. The summed E-state index contributed by atoms with van der Waals surface area (Å²) in [5.41, 5.74) is 2.11. The Kier molecular flexibility index (Phi) is 5.48. The number of aromatic nitrogens is 1. The summed E-state index contributed by atoms with van der Waals surface area (Å²) >= 11 is 1.51. The van der Waals surface area contributed by atoms with Crippen molar-refractivity contribution in [3.8, 4) is 0 Å². The Balaban J connectivity index is 1.46. The van der Waals surface area contributed by atoms with Crippen molar-refractivity contribution in [2.45, 2.75) is 18.0 Å². The molecule has 0 aliphatic heterocycles. The monoisotopic (exact) mass is 394 g/mol. The number of amides is 1. The molecule has 0 radical (unpaired) electrons. The van der Waals surface area contributed by atoms with E-state index in [1.165, 1.54) is 23.9 Å². The molecule has 2 heterocycles. The van der Waals surface area contributed by atoms with E-state index in [0.717, 1.165) is 27.1 Å². The third-order valence-corrected chi connectivity index (χ3v) is 5.46. The number of nitrogens with one attached hydrogen (secondary N) is 1. The van der Waals surface area contributed by atoms with E-state index in [1.54, 1.807) is 24.5 Å². The second-order valence-corrected chi connectivity index (χ2v) is 7.43. The van der Waals surface area contributed by atoms with Crippen LogP contribution in [0.3, 0.4) is 0 Å². The molecule has 4 rings (SSSR count). The average molecular weight is 394 g/mol. The predicted octanol–water partition coefficient (Wildman–Crippen LogP) is 4.83. The molecular weight excluding hydrogens is 375 g/mol. The van der Waals surface area contributed by atoms with Crippen LogP contribution in [0, 0.1) is 5.82 Å². The summed E-state index contributed by atoms with van der Waals surface area (Å²) in [5.74, 6) is 0.773. The molecule has 2 aromatic heterocycles. The third kappa shape index (κ3) is 4.28. The maximum atomic E-state index is 13.2. The van der Waals surface area contributed by atoms with E-state index in [2.05, 4.69) is 28.2 Å². The minimum atomic E-state index is -0.238. The largest absolute Gasteiger partial charge is 0.467 e. The lowest BCUT2D eigenvalue weighted by Crippen LogP contribution is -2.24. The molecule has 2 aromatic carbocycles. The van der Waals surface area contributed by atoms with Crippen LogP contribution in [0.25, 0.3) is 10.9 Å². The minimum absolute atomic E-state index is 0.0447. The van der Waals surface area contributed by atoms with Crippen LogP contribution in [0.15, 0.2) is 82.4 Å². The fourth-order valence-corrected chi connectivity index (χ4v) is 3.96. The van der Waals surface area contributed by atoms with Crippen LogP contribution < -0.4 is 5.32 Å². The molecule has 0 aliphatic rings. The number of benzene rings is 2. The van der Waals surface area contributed by atoms with Gasteiger partial charge in [0, 0.05) is 28.5 Å². The third-order valence-electron chi connectivity index (χ3n) is 4.42. The maximum absolute atomic E-state index is 13.2. The zero-order chi connectivity index (χ0) is 19.3. The summed E-state index contributed by atoms with van der Waals surface area (Å²) in [7, 11) is 0. The van der Waals surface area contributed by atoms with Crippen molar-refractivity contribution in [3.63, 3.8) is 0 Å². The second-order valence-electron chi connectivity index (χ2n) is 6.41. The number of nitrogens with zero attached hydrogens (tertiary/aromatic N) is 1. The SMILES string of the molecule is O=C(CSc1cn(Cc2ccc(F)cc2)c2ccccc12)NCc1ccco1. The van der Waals surface area contributed by atoms with Crippen molar-refractivity contribution in [1.29, 1.82) is 0 Å². The molecule has 1 N–H and O–H groups in total. The molecule has 0 fully saturated rings. The zero-order valence-corrected chi connectivity index (χ0v) is 15.9. The van der Waals surface area contributed by atoms with E-state index in [1.807, 2.05) is 18.2 Å². The number of carbonyl (C=O) groups is 1. The highest BCUT2D eigenvalue weighted by Crippen LogP contribution is 2.30. The molecular formula is C22H19FN2O2S. The van der Waals surface area contributed by atoms with E-state index < -0.39 is 0 Å². The molecule has 0 unspecified atom stereocenters. The number of halogens is 1. The molecule has 0 saturated heterocycles. The van der Waals surface area contributed by atoms with Gasteiger partial charge in [0.15, 0.2) is 0 Å². The first-order valence-electron chi connectivity index (χ1n) is 8.93. The first-order chi connectivity index (χ1) is 13.7. The molecule has 0 saturated carbocycles. The van der Waals surface area contributed by atoms with Gasteiger partial charge in [-0.25, -0.2) is 4.39 Å². The Morgan fingerprint density at radius 3 is 2.68 bits per heavy atom. The Morgan fingerprint density at radius 2 is 1.89 bits per heavy atom. The van der Waals surface area contributed by atoms with Crippen LogP contribution in [0.5, 0.6) is 0 Å². The Hall–Kier alpha value is -2.99. The lowest BCUT2D eigenvalue weighted by atomic mass is 10.2. The van der Waals surface area contributed by atoms with Crippen LogP contribution in [0.2, 0.25) is 0 Å². The van der Waals surface area contributed by atoms with Crippen molar-refractivity contribution in [3.05, 3.63) is 90.3 Å². The summed E-state index contributed by atoms with van der Waals surface area (Å²) in [6, 6.07) is 18.2. The molecule has 0 bridgehead atoms. The smallest absolute Gasteiger partial charge is 0.230 e. The first kappa shape index (κ1) is 18.4. The van der Waals surface area contributed by atoms with E-state index in [0.29, 0.717) is 18.8 Å². The summed E-state index contributed by atoms with van der Waals surface area (Å²) in [6.07, 6.45) is 3.64. The maximum Gasteiger partial charge on any atom is 0.230 e. The van der Waals surface area contributed by atoms with Crippen LogP contribution in [-0.2, 0) is 17.9 Å². The molecule has 4 nitrogen and oxygen atoms in total.